The molecule has 0 aliphatic heterocycles. The molecule has 1 N–H and O–H groups in total. The third-order valence-corrected chi connectivity index (χ3v) is 10.7. The molecule has 5 rings (SSSR count). The van der Waals surface area contributed by atoms with Gasteiger partial charge in [-0.15, -0.1) is 0 Å². The average Bonchev–Trinajstić information content (AvgIpc) is 3.56. The largest absolute Gasteiger partial charge is 0.352 e. The second kappa shape index (κ2) is 15.2. The van der Waals surface area contributed by atoms with Crippen LogP contribution in [-0.2, 0) is 32.6 Å². The molecule has 45 heavy (non-hydrogen) atoms. The first kappa shape index (κ1) is 32.9. The number of anilines is 1. The third kappa shape index (κ3) is 8.62. The Bertz CT molecular complexity index is 1700. The Morgan fingerprint density at radius 1 is 0.778 bits per heavy atom. The topological polar surface area (TPSA) is 86.8 Å². The van der Waals surface area contributed by atoms with Gasteiger partial charge in [-0.3, -0.25) is 13.9 Å². The van der Waals surface area contributed by atoms with E-state index in [-0.39, 0.29) is 29.8 Å². The summed E-state index contributed by atoms with van der Waals surface area (Å²) in [6.45, 7) is -0.373. The highest BCUT2D eigenvalue weighted by atomic mass is 79.9. The smallest absolute Gasteiger partial charge is 0.264 e. The molecule has 0 heterocycles. The molecule has 0 spiro atoms. The Balaban J connectivity index is 1.56. The van der Waals surface area contributed by atoms with Crippen molar-refractivity contribution in [3.63, 3.8) is 0 Å². The maximum atomic E-state index is 14.6. The standard InChI is InChI=1S/C35H35Br2N3O4S/c36-28-18-20-31(21-19-28)40(45(43,44)32-16-5-2-6-17-32)25-34(41)39(24-27-12-9-13-29(37)22-27)33(23-26-10-3-1-4-11-26)35(42)38-30-14-7-8-15-30/h1-6,9-13,16-22,30,33H,7-8,14-15,23-25H2,(H,38,42)/t33-/m0/s1. The number of nitrogens with zero attached hydrogens (tertiary/aromatic N) is 2. The molecule has 0 saturated heterocycles. The fraction of sp³-hybridized carbons (Fsp3) is 0.257. The summed E-state index contributed by atoms with van der Waals surface area (Å²) in [6.07, 6.45) is 4.18. The van der Waals surface area contributed by atoms with Crippen molar-refractivity contribution in [2.45, 2.75) is 55.6 Å². The molecule has 0 unspecified atom stereocenters. The summed E-state index contributed by atoms with van der Waals surface area (Å²) in [7, 11) is -4.14. The van der Waals surface area contributed by atoms with Crippen LogP contribution in [0.3, 0.4) is 0 Å². The van der Waals surface area contributed by atoms with Crippen LogP contribution in [0.1, 0.15) is 36.8 Å². The monoisotopic (exact) mass is 751 g/mol. The molecule has 1 aliphatic rings. The molecule has 2 amide bonds. The maximum Gasteiger partial charge on any atom is 0.264 e. The molecule has 1 saturated carbocycles. The second-order valence-electron chi connectivity index (χ2n) is 11.1. The van der Waals surface area contributed by atoms with Crippen LogP contribution in [0.15, 0.2) is 123 Å². The first-order chi connectivity index (χ1) is 21.7. The number of hydrogen-bond donors (Lipinski definition) is 1. The SMILES string of the molecule is O=C(NC1CCCC1)[C@H](Cc1ccccc1)N(Cc1cccc(Br)c1)C(=O)CN(c1ccc(Br)cc1)S(=O)(=O)c1ccccc1. The quantitative estimate of drug-likeness (QED) is 0.167. The van der Waals surface area contributed by atoms with Gasteiger partial charge in [0.2, 0.25) is 11.8 Å². The molecule has 0 radical (unpaired) electrons. The number of halogens is 2. The minimum atomic E-state index is -4.14. The predicted octanol–water partition coefficient (Wildman–Crippen LogP) is 7.11. The number of benzene rings is 4. The van der Waals surface area contributed by atoms with Crippen molar-refractivity contribution in [2.24, 2.45) is 0 Å². The van der Waals surface area contributed by atoms with Crippen LogP contribution in [0.4, 0.5) is 5.69 Å². The van der Waals surface area contributed by atoms with Crippen molar-refractivity contribution in [3.8, 4) is 0 Å². The molecule has 0 bridgehead atoms. The lowest BCUT2D eigenvalue weighted by molar-refractivity contribution is -0.140. The Morgan fingerprint density at radius 3 is 2.04 bits per heavy atom. The Morgan fingerprint density at radius 2 is 1.40 bits per heavy atom. The van der Waals surface area contributed by atoms with Crippen LogP contribution in [0, 0.1) is 0 Å². The van der Waals surface area contributed by atoms with Gasteiger partial charge in [0, 0.05) is 28.0 Å². The summed E-state index contributed by atoms with van der Waals surface area (Å²) in [5.41, 5.74) is 2.05. The number of nitrogens with one attached hydrogen (secondary N) is 1. The van der Waals surface area contributed by atoms with Crippen LogP contribution in [0.25, 0.3) is 0 Å². The average molecular weight is 754 g/mol. The lowest BCUT2D eigenvalue weighted by Crippen LogP contribution is -2.54. The van der Waals surface area contributed by atoms with Gasteiger partial charge in [-0.1, -0.05) is 105 Å². The van der Waals surface area contributed by atoms with Gasteiger partial charge in [0.05, 0.1) is 10.6 Å². The van der Waals surface area contributed by atoms with E-state index in [2.05, 4.69) is 37.2 Å². The Labute approximate surface area is 281 Å². The second-order valence-corrected chi connectivity index (χ2v) is 14.8. The highest BCUT2D eigenvalue weighted by molar-refractivity contribution is 9.10. The van der Waals surface area contributed by atoms with E-state index in [0.29, 0.717) is 5.69 Å². The number of amides is 2. The van der Waals surface area contributed by atoms with Crippen molar-refractivity contribution >= 4 is 59.4 Å². The van der Waals surface area contributed by atoms with Crippen LogP contribution in [0.2, 0.25) is 0 Å². The molecule has 234 valence electrons. The van der Waals surface area contributed by atoms with Gasteiger partial charge in [-0.05, 0) is 72.5 Å². The van der Waals surface area contributed by atoms with Crippen molar-refractivity contribution in [1.82, 2.24) is 10.2 Å². The minimum Gasteiger partial charge on any atom is -0.352 e. The molecule has 1 fully saturated rings. The van der Waals surface area contributed by atoms with Gasteiger partial charge in [0.15, 0.2) is 0 Å². The van der Waals surface area contributed by atoms with Gasteiger partial charge < -0.3 is 10.2 Å². The third-order valence-electron chi connectivity index (χ3n) is 7.94. The summed E-state index contributed by atoms with van der Waals surface area (Å²) in [4.78, 5) is 30.2. The van der Waals surface area contributed by atoms with E-state index in [1.807, 2.05) is 54.6 Å². The fourth-order valence-corrected chi connectivity index (χ4v) is 7.76. The van der Waals surface area contributed by atoms with Crippen molar-refractivity contribution in [3.05, 3.63) is 129 Å². The van der Waals surface area contributed by atoms with Crippen LogP contribution in [-0.4, -0.2) is 43.8 Å². The number of sulfonamides is 1. The predicted molar refractivity (Wildman–Crippen MR) is 184 cm³/mol. The summed E-state index contributed by atoms with van der Waals surface area (Å²) in [5, 5.41) is 3.20. The zero-order chi connectivity index (χ0) is 31.8. The number of rotatable bonds is 12. The van der Waals surface area contributed by atoms with Gasteiger partial charge in [-0.25, -0.2) is 8.42 Å². The zero-order valence-corrected chi connectivity index (χ0v) is 28.7. The molecule has 4 aromatic rings. The van der Waals surface area contributed by atoms with Crippen molar-refractivity contribution in [2.75, 3.05) is 10.8 Å². The minimum absolute atomic E-state index is 0.0521. The number of hydrogen-bond acceptors (Lipinski definition) is 4. The van der Waals surface area contributed by atoms with E-state index in [1.165, 1.54) is 17.0 Å². The van der Waals surface area contributed by atoms with Gasteiger partial charge >= 0.3 is 0 Å². The normalized spacial score (nSPS) is 14.1. The van der Waals surface area contributed by atoms with Crippen LogP contribution >= 0.6 is 31.9 Å². The van der Waals surface area contributed by atoms with Gasteiger partial charge in [-0.2, -0.15) is 0 Å². The molecule has 10 heteroatoms. The maximum absolute atomic E-state index is 14.6. The van der Waals surface area contributed by atoms with Crippen LogP contribution < -0.4 is 9.62 Å². The Kier molecular flexibility index (Phi) is 11.1. The van der Waals surface area contributed by atoms with E-state index in [1.54, 1.807) is 42.5 Å². The van der Waals surface area contributed by atoms with E-state index in [9.17, 15) is 18.0 Å². The molecule has 4 aromatic carbocycles. The Hall–Kier alpha value is -3.47. The molecule has 1 aliphatic carbocycles. The molecule has 7 nitrogen and oxygen atoms in total. The summed E-state index contributed by atoms with van der Waals surface area (Å²) in [6, 6.07) is 31.2. The number of carbonyl (C=O) groups excluding carboxylic acids is 2. The first-order valence-corrected chi connectivity index (χ1v) is 17.9. The lowest BCUT2D eigenvalue weighted by Gasteiger charge is -2.34. The van der Waals surface area contributed by atoms with Crippen molar-refractivity contribution < 1.29 is 18.0 Å². The molecular weight excluding hydrogens is 718 g/mol. The van der Waals surface area contributed by atoms with Gasteiger partial charge in [0.1, 0.15) is 12.6 Å². The highest BCUT2D eigenvalue weighted by Crippen LogP contribution is 2.27. The lowest BCUT2D eigenvalue weighted by atomic mass is 10.0. The van der Waals surface area contributed by atoms with E-state index in [4.69, 9.17) is 0 Å². The van der Waals surface area contributed by atoms with E-state index in [0.717, 1.165) is 50.1 Å². The molecule has 1 atom stereocenters. The van der Waals surface area contributed by atoms with E-state index < -0.39 is 28.5 Å². The summed E-state index contributed by atoms with van der Waals surface area (Å²) in [5.74, 6) is -0.727. The summed E-state index contributed by atoms with van der Waals surface area (Å²) >= 11 is 6.94. The highest BCUT2D eigenvalue weighted by Gasteiger charge is 2.35. The van der Waals surface area contributed by atoms with Crippen molar-refractivity contribution in [1.29, 1.82) is 0 Å². The number of carbonyl (C=O) groups is 2. The fourth-order valence-electron chi connectivity index (χ4n) is 5.61. The molecule has 0 aromatic heterocycles. The van der Waals surface area contributed by atoms with E-state index >= 15 is 0 Å². The van der Waals surface area contributed by atoms with Gasteiger partial charge in [0.25, 0.3) is 10.0 Å². The zero-order valence-electron chi connectivity index (χ0n) is 24.7. The molecular formula is C35H35Br2N3O4S. The first-order valence-electron chi connectivity index (χ1n) is 14.9. The van der Waals surface area contributed by atoms with Crippen LogP contribution in [0.5, 0.6) is 0 Å². The summed E-state index contributed by atoms with van der Waals surface area (Å²) < 4.78 is 30.9.